The molecule has 0 spiro atoms. The van der Waals surface area contributed by atoms with Crippen molar-refractivity contribution in [2.45, 2.75) is 0 Å². The maximum atomic E-state index is 11.1. The second kappa shape index (κ2) is 5.53. The number of ether oxygens (including phenoxy) is 2. The first-order valence-electron chi connectivity index (χ1n) is 6.01. The molecular formula is C14H9BrN2O4. The van der Waals surface area contributed by atoms with E-state index in [4.69, 9.17) is 9.47 Å². The number of nitro benzene ring substituents is 1. The van der Waals surface area contributed by atoms with Gasteiger partial charge in [0, 0.05) is 10.7 Å². The van der Waals surface area contributed by atoms with Crippen molar-refractivity contribution in [3.8, 4) is 11.5 Å². The predicted octanol–water partition coefficient (Wildman–Crippen LogP) is 3.84. The molecule has 0 saturated heterocycles. The van der Waals surface area contributed by atoms with E-state index in [1.54, 1.807) is 18.2 Å². The summed E-state index contributed by atoms with van der Waals surface area (Å²) in [5.41, 5.74) is 0.998. The second-order valence-electron chi connectivity index (χ2n) is 4.26. The molecule has 0 saturated carbocycles. The molecule has 2 aromatic carbocycles. The van der Waals surface area contributed by atoms with Crippen LogP contribution in [0.15, 0.2) is 45.9 Å². The largest absolute Gasteiger partial charge is 0.454 e. The molecule has 0 bridgehead atoms. The van der Waals surface area contributed by atoms with Crippen LogP contribution in [0.5, 0.6) is 11.5 Å². The standard InChI is InChI=1S/C14H9BrN2O4/c15-10-1-3-11(4-2-10)16-7-9-5-13-14(21-8-20-13)6-12(9)17(18)19/h1-7H,8H2. The summed E-state index contributed by atoms with van der Waals surface area (Å²) in [5.74, 6) is 0.861. The lowest BCUT2D eigenvalue weighted by molar-refractivity contribution is -0.385. The van der Waals surface area contributed by atoms with Crippen LogP contribution in [0, 0.1) is 10.1 Å². The minimum atomic E-state index is -0.467. The zero-order valence-corrected chi connectivity index (χ0v) is 12.2. The quantitative estimate of drug-likeness (QED) is 0.479. The van der Waals surface area contributed by atoms with Crippen LogP contribution in [-0.4, -0.2) is 17.9 Å². The zero-order chi connectivity index (χ0) is 14.8. The summed E-state index contributed by atoms with van der Waals surface area (Å²) in [6, 6.07) is 10.2. The third-order valence-corrected chi connectivity index (χ3v) is 3.43. The highest BCUT2D eigenvalue weighted by atomic mass is 79.9. The summed E-state index contributed by atoms with van der Waals surface area (Å²) < 4.78 is 11.3. The molecule has 106 valence electrons. The predicted molar refractivity (Wildman–Crippen MR) is 80.6 cm³/mol. The summed E-state index contributed by atoms with van der Waals surface area (Å²) >= 11 is 3.33. The van der Waals surface area contributed by atoms with Crippen molar-refractivity contribution in [2.75, 3.05) is 6.79 Å². The molecule has 0 aromatic heterocycles. The maximum Gasteiger partial charge on any atom is 0.282 e. The Labute approximate surface area is 128 Å². The second-order valence-corrected chi connectivity index (χ2v) is 5.17. The first-order valence-corrected chi connectivity index (χ1v) is 6.80. The normalized spacial score (nSPS) is 12.8. The number of halogens is 1. The molecule has 0 amide bonds. The number of nitrogens with zero attached hydrogens (tertiary/aromatic N) is 2. The molecule has 0 aliphatic carbocycles. The lowest BCUT2D eigenvalue weighted by Crippen LogP contribution is -1.94. The van der Waals surface area contributed by atoms with E-state index in [0.717, 1.165) is 4.47 Å². The van der Waals surface area contributed by atoms with Crippen molar-refractivity contribution in [2.24, 2.45) is 4.99 Å². The fourth-order valence-corrected chi connectivity index (χ4v) is 2.14. The Bertz CT molecular complexity index is 728. The fraction of sp³-hybridized carbons (Fsp3) is 0.0714. The van der Waals surface area contributed by atoms with Crippen molar-refractivity contribution in [1.82, 2.24) is 0 Å². The summed E-state index contributed by atoms with van der Waals surface area (Å²) in [7, 11) is 0. The van der Waals surface area contributed by atoms with E-state index in [-0.39, 0.29) is 12.5 Å². The molecule has 1 aliphatic heterocycles. The van der Waals surface area contributed by atoms with E-state index in [9.17, 15) is 10.1 Å². The van der Waals surface area contributed by atoms with E-state index in [1.807, 2.05) is 12.1 Å². The van der Waals surface area contributed by atoms with E-state index >= 15 is 0 Å². The highest BCUT2D eigenvalue weighted by Gasteiger charge is 2.22. The van der Waals surface area contributed by atoms with Gasteiger partial charge in [-0.3, -0.25) is 15.1 Å². The Morgan fingerprint density at radius 3 is 2.52 bits per heavy atom. The van der Waals surface area contributed by atoms with Crippen molar-refractivity contribution in [1.29, 1.82) is 0 Å². The van der Waals surface area contributed by atoms with Crippen LogP contribution in [0.1, 0.15) is 5.56 Å². The highest BCUT2D eigenvalue weighted by molar-refractivity contribution is 9.10. The van der Waals surface area contributed by atoms with Crippen molar-refractivity contribution >= 4 is 33.5 Å². The first kappa shape index (κ1) is 13.6. The molecule has 0 unspecified atom stereocenters. The van der Waals surface area contributed by atoms with Gasteiger partial charge in [0.05, 0.1) is 22.2 Å². The van der Waals surface area contributed by atoms with Gasteiger partial charge in [0.25, 0.3) is 5.69 Å². The molecule has 21 heavy (non-hydrogen) atoms. The molecule has 0 atom stereocenters. The average Bonchev–Trinajstić information content (AvgIpc) is 2.92. The molecule has 3 rings (SSSR count). The highest BCUT2D eigenvalue weighted by Crippen LogP contribution is 2.37. The molecular weight excluding hydrogens is 340 g/mol. The number of fused-ring (bicyclic) bond motifs is 1. The number of nitro groups is 1. The van der Waals surface area contributed by atoms with Crippen LogP contribution in [0.2, 0.25) is 0 Å². The molecule has 6 nitrogen and oxygen atoms in total. The van der Waals surface area contributed by atoms with E-state index < -0.39 is 4.92 Å². The van der Waals surface area contributed by atoms with Gasteiger partial charge in [-0.2, -0.15) is 0 Å². The van der Waals surface area contributed by atoms with Gasteiger partial charge in [-0.15, -0.1) is 0 Å². The topological polar surface area (TPSA) is 74.0 Å². The number of aliphatic imine (C=N–C) groups is 1. The van der Waals surface area contributed by atoms with Crippen molar-refractivity contribution in [3.63, 3.8) is 0 Å². The minimum absolute atomic E-state index is 0.0692. The summed E-state index contributed by atoms with van der Waals surface area (Å²) in [6.45, 7) is 0.0692. The summed E-state index contributed by atoms with van der Waals surface area (Å²) in [6.07, 6.45) is 1.45. The maximum absolute atomic E-state index is 11.1. The molecule has 1 aliphatic rings. The Hall–Kier alpha value is -2.41. The first-order chi connectivity index (χ1) is 10.1. The van der Waals surface area contributed by atoms with Crippen LogP contribution in [0.25, 0.3) is 0 Å². The van der Waals surface area contributed by atoms with Gasteiger partial charge in [-0.05, 0) is 30.3 Å². The molecule has 2 aromatic rings. The van der Waals surface area contributed by atoms with Gasteiger partial charge in [0.2, 0.25) is 6.79 Å². The molecule has 0 fully saturated rings. The van der Waals surface area contributed by atoms with Crippen LogP contribution in [-0.2, 0) is 0 Å². The lowest BCUT2D eigenvalue weighted by atomic mass is 10.1. The summed E-state index contributed by atoms with van der Waals surface area (Å²) in [5, 5.41) is 11.1. The third-order valence-electron chi connectivity index (χ3n) is 2.90. The van der Waals surface area contributed by atoms with Crippen LogP contribution in [0.4, 0.5) is 11.4 Å². The Balaban J connectivity index is 1.97. The SMILES string of the molecule is O=[N+]([O-])c1cc2c(cc1C=Nc1ccc(Br)cc1)OCO2. The third kappa shape index (κ3) is 2.87. The molecule has 0 radical (unpaired) electrons. The summed E-state index contributed by atoms with van der Waals surface area (Å²) in [4.78, 5) is 14.9. The average molecular weight is 349 g/mol. The van der Waals surface area contributed by atoms with Crippen LogP contribution in [0.3, 0.4) is 0 Å². The Morgan fingerprint density at radius 2 is 1.86 bits per heavy atom. The van der Waals surface area contributed by atoms with Crippen LogP contribution >= 0.6 is 15.9 Å². The van der Waals surface area contributed by atoms with Gasteiger partial charge in [-0.1, -0.05) is 15.9 Å². The molecule has 0 N–H and O–H groups in total. The van der Waals surface area contributed by atoms with E-state index in [1.165, 1.54) is 12.3 Å². The lowest BCUT2D eigenvalue weighted by Gasteiger charge is -2.00. The number of hydrogen-bond donors (Lipinski definition) is 0. The smallest absolute Gasteiger partial charge is 0.282 e. The Morgan fingerprint density at radius 1 is 1.19 bits per heavy atom. The minimum Gasteiger partial charge on any atom is -0.454 e. The fourth-order valence-electron chi connectivity index (χ4n) is 1.88. The number of hydrogen-bond acceptors (Lipinski definition) is 5. The molecule has 1 heterocycles. The van der Waals surface area contributed by atoms with Crippen LogP contribution < -0.4 is 9.47 Å². The van der Waals surface area contributed by atoms with Gasteiger partial charge in [0.15, 0.2) is 11.5 Å². The van der Waals surface area contributed by atoms with Gasteiger partial charge in [0.1, 0.15) is 0 Å². The monoisotopic (exact) mass is 348 g/mol. The molecule has 7 heteroatoms. The number of rotatable bonds is 3. The van der Waals surface area contributed by atoms with Crippen molar-refractivity contribution in [3.05, 3.63) is 56.5 Å². The van der Waals surface area contributed by atoms with Crippen molar-refractivity contribution < 1.29 is 14.4 Å². The van der Waals surface area contributed by atoms with Gasteiger partial charge in [-0.25, -0.2) is 0 Å². The zero-order valence-electron chi connectivity index (χ0n) is 10.7. The van der Waals surface area contributed by atoms with Gasteiger partial charge < -0.3 is 9.47 Å². The van der Waals surface area contributed by atoms with E-state index in [2.05, 4.69) is 20.9 Å². The van der Waals surface area contributed by atoms with Gasteiger partial charge >= 0.3 is 0 Å². The Kier molecular flexibility index (Phi) is 3.57. The number of benzene rings is 2. The van der Waals surface area contributed by atoms with E-state index in [0.29, 0.717) is 22.7 Å².